The third-order valence-corrected chi connectivity index (χ3v) is 3.66. The van der Waals surface area contributed by atoms with Crippen LogP contribution in [0.25, 0.3) is 0 Å². The molecule has 16 heavy (non-hydrogen) atoms. The smallest absolute Gasteiger partial charge is 0.421 e. The van der Waals surface area contributed by atoms with Crippen LogP contribution in [0.15, 0.2) is 0 Å². The zero-order valence-corrected chi connectivity index (χ0v) is 9.39. The van der Waals surface area contributed by atoms with Crippen LogP contribution in [0.5, 0.6) is 0 Å². The van der Waals surface area contributed by atoms with Crippen LogP contribution in [0.3, 0.4) is 0 Å². The SMILES string of the molecule is COC(=O)NS(=O)(=O)N1CCC(F)(F)CC1. The zero-order chi connectivity index (χ0) is 12.4. The Kier molecular flexibility index (Phi) is 3.68. The number of nitrogens with one attached hydrogen (secondary N) is 1. The molecule has 1 amide bonds. The molecule has 1 fully saturated rings. The van der Waals surface area contributed by atoms with Crippen LogP contribution in [0.1, 0.15) is 12.8 Å². The highest BCUT2D eigenvalue weighted by atomic mass is 32.2. The second-order valence-corrected chi connectivity index (χ2v) is 5.02. The minimum atomic E-state index is -4.07. The summed E-state index contributed by atoms with van der Waals surface area (Å²) in [7, 11) is -3.06. The Morgan fingerprint density at radius 2 is 1.88 bits per heavy atom. The third-order valence-electron chi connectivity index (χ3n) is 2.19. The number of hydrogen-bond acceptors (Lipinski definition) is 4. The Labute approximate surface area is 91.7 Å². The first-order chi connectivity index (χ1) is 7.27. The molecule has 0 aromatic rings. The lowest BCUT2D eigenvalue weighted by atomic mass is 10.1. The molecule has 0 spiro atoms. The number of piperidine rings is 1. The number of alkyl halides is 2. The van der Waals surface area contributed by atoms with Crippen molar-refractivity contribution >= 4 is 16.3 Å². The highest BCUT2D eigenvalue weighted by Crippen LogP contribution is 2.28. The molecule has 1 aliphatic rings. The first-order valence-electron chi connectivity index (χ1n) is 4.50. The summed E-state index contributed by atoms with van der Waals surface area (Å²) in [6.07, 6.45) is -2.23. The predicted octanol–water partition coefficient (Wildman–Crippen LogP) is 0.318. The van der Waals surface area contributed by atoms with Gasteiger partial charge in [0.2, 0.25) is 0 Å². The van der Waals surface area contributed by atoms with Gasteiger partial charge < -0.3 is 4.74 Å². The maximum absolute atomic E-state index is 12.8. The second-order valence-electron chi connectivity index (χ2n) is 3.35. The number of halogens is 2. The Morgan fingerprint density at radius 3 is 2.31 bits per heavy atom. The van der Waals surface area contributed by atoms with E-state index in [4.69, 9.17) is 0 Å². The normalized spacial score (nSPS) is 21.4. The van der Waals surface area contributed by atoms with Gasteiger partial charge in [-0.1, -0.05) is 0 Å². The van der Waals surface area contributed by atoms with Gasteiger partial charge in [-0.3, -0.25) is 0 Å². The van der Waals surface area contributed by atoms with Crippen molar-refractivity contribution in [3.8, 4) is 0 Å². The summed E-state index contributed by atoms with van der Waals surface area (Å²) in [5.41, 5.74) is 0. The van der Waals surface area contributed by atoms with Crippen molar-refractivity contribution in [2.75, 3.05) is 20.2 Å². The minimum absolute atomic E-state index is 0.320. The van der Waals surface area contributed by atoms with E-state index >= 15 is 0 Å². The lowest BCUT2D eigenvalue weighted by Crippen LogP contribution is -2.49. The van der Waals surface area contributed by atoms with Gasteiger partial charge in [0.1, 0.15) is 0 Å². The van der Waals surface area contributed by atoms with Gasteiger partial charge in [-0.2, -0.15) is 12.7 Å². The fourth-order valence-corrected chi connectivity index (χ4v) is 2.35. The summed E-state index contributed by atoms with van der Waals surface area (Å²) in [5, 5.41) is 0. The molecule has 0 radical (unpaired) electrons. The fraction of sp³-hybridized carbons (Fsp3) is 0.857. The minimum Gasteiger partial charge on any atom is -0.452 e. The first-order valence-corrected chi connectivity index (χ1v) is 5.94. The number of nitrogens with zero attached hydrogens (tertiary/aromatic N) is 1. The molecule has 0 aromatic heterocycles. The lowest BCUT2D eigenvalue weighted by Gasteiger charge is -2.30. The van der Waals surface area contributed by atoms with Crippen molar-refractivity contribution < 1.29 is 26.7 Å². The van der Waals surface area contributed by atoms with Crippen LogP contribution in [0, 0.1) is 0 Å². The quantitative estimate of drug-likeness (QED) is 0.774. The Morgan fingerprint density at radius 1 is 1.38 bits per heavy atom. The van der Waals surface area contributed by atoms with Crippen LogP contribution in [-0.2, 0) is 14.9 Å². The predicted molar refractivity (Wildman–Crippen MR) is 50.2 cm³/mol. The fourth-order valence-electron chi connectivity index (χ4n) is 1.27. The van der Waals surface area contributed by atoms with E-state index in [1.165, 1.54) is 0 Å². The molecule has 1 N–H and O–H groups in total. The number of ether oxygens (including phenoxy) is 1. The molecule has 0 aliphatic carbocycles. The number of amides is 1. The van der Waals surface area contributed by atoms with Crippen LogP contribution in [0.2, 0.25) is 0 Å². The van der Waals surface area contributed by atoms with Gasteiger partial charge in [0.15, 0.2) is 0 Å². The van der Waals surface area contributed by atoms with E-state index < -0.39 is 35.1 Å². The maximum atomic E-state index is 12.8. The molecule has 1 rings (SSSR count). The molecule has 0 saturated carbocycles. The Bertz CT molecular complexity index is 361. The Hall–Kier alpha value is -0.960. The van der Waals surface area contributed by atoms with E-state index in [2.05, 4.69) is 4.74 Å². The van der Waals surface area contributed by atoms with E-state index in [-0.39, 0.29) is 13.1 Å². The molecule has 0 unspecified atom stereocenters. The lowest BCUT2D eigenvalue weighted by molar-refractivity contribution is -0.0413. The summed E-state index contributed by atoms with van der Waals surface area (Å²) in [5.74, 6) is -2.84. The molecule has 9 heteroatoms. The molecule has 94 valence electrons. The van der Waals surface area contributed by atoms with Crippen LogP contribution in [-0.4, -0.2) is 44.9 Å². The van der Waals surface area contributed by atoms with Crippen molar-refractivity contribution in [2.24, 2.45) is 0 Å². The second kappa shape index (κ2) is 4.50. The Balaban J connectivity index is 2.62. The van der Waals surface area contributed by atoms with Crippen LogP contribution < -0.4 is 4.72 Å². The molecular weight excluding hydrogens is 246 g/mol. The van der Waals surface area contributed by atoms with E-state index in [0.29, 0.717) is 0 Å². The van der Waals surface area contributed by atoms with Crippen LogP contribution in [0.4, 0.5) is 13.6 Å². The summed E-state index contributed by atoms with van der Waals surface area (Å²) in [4.78, 5) is 10.7. The number of carbonyl (C=O) groups excluding carboxylic acids is 1. The van der Waals surface area contributed by atoms with Crippen molar-refractivity contribution in [3.05, 3.63) is 0 Å². The number of rotatable bonds is 2. The molecule has 1 aliphatic heterocycles. The van der Waals surface area contributed by atoms with E-state index in [1.807, 2.05) is 0 Å². The van der Waals surface area contributed by atoms with Gasteiger partial charge in [0.25, 0.3) is 5.92 Å². The molecule has 1 heterocycles. The standard InChI is InChI=1S/C7H12F2N2O4S/c1-15-6(12)10-16(13,14)11-4-2-7(8,9)3-5-11/h2-5H2,1H3,(H,10,12). The third kappa shape index (κ3) is 3.27. The van der Waals surface area contributed by atoms with Crippen molar-refractivity contribution in [2.45, 2.75) is 18.8 Å². The summed E-state index contributed by atoms with van der Waals surface area (Å²) >= 11 is 0. The molecule has 0 aromatic carbocycles. The molecule has 0 atom stereocenters. The van der Waals surface area contributed by atoms with Gasteiger partial charge in [-0.25, -0.2) is 18.3 Å². The monoisotopic (exact) mass is 258 g/mol. The largest absolute Gasteiger partial charge is 0.452 e. The highest BCUT2D eigenvalue weighted by Gasteiger charge is 2.38. The summed E-state index contributed by atoms with van der Waals surface area (Å²) in [6, 6.07) is 0. The van der Waals surface area contributed by atoms with E-state index in [1.54, 1.807) is 4.72 Å². The van der Waals surface area contributed by atoms with Crippen molar-refractivity contribution in [3.63, 3.8) is 0 Å². The number of methoxy groups -OCH3 is 1. The summed E-state index contributed by atoms with van der Waals surface area (Å²) < 4.78 is 54.9. The van der Waals surface area contributed by atoms with Crippen molar-refractivity contribution in [1.82, 2.24) is 9.03 Å². The summed E-state index contributed by atoms with van der Waals surface area (Å²) in [6.45, 7) is -0.640. The average molecular weight is 258 g/mol. The van der Waals surface area contributed by atoms with E-state index in [9.17, 15) is 22.0 Å². The molecule has 1 saturated heterocycles. The highest BCUT2D eigenvalue weighted by molar-refractivity contribution is 7.87. The average Bonchev–Trinajstić information content (AvgIpc) is 2.16. The molecule has 6 nitrogen and oxygen atoms in total. The molecule has 0 bridgehead atoms. The van der Waals surface area contributed by atoms with Gasteiger partial charge >= 0.3 is 16.3 Å². The van der Waals surface area contributed by atoms with E-state index in [0.717, 1.165) is 11.4 Å². The number of hydrogen-bond donors (Lipinski definition) is 1. The number of carbonyl (C=O) groups is 1. The van der Waals surface area contributed by atoms with Gasteiger partial charge in [0.05, 0.1) is 7.11 Å². The first kappa shape index (κ1) is 13.1. The van der Waals surface area contributed by atoms with Crippen molar-refractivity contribution in [1.29, 1.82) is 0 Å². The zero-order valence-electron chi connectivity index (χ0n) is 8.57. The van der Waals surface area contributed by atoms with Gasteiger partial charge in [0, 0.05) is 25.9 Å². The van der Waals surface area contributed by atoms with Gasteiger partial charge in [-0.15, -0.1) is 0 Å². The van der Waals surface area contributed by atoms with Gasteiger partial charge in [-0.05, 0) is 0 Å². The topological polar surface area (TPSA) is 75.7 Å². The maximum Gasteiger partial charge on any atom is 0.421 e. The van der Waals surface area contributed by atoms with Crippen LogP contribution >= 0.6 is 0 Å². The molecular formula is C7H12F2N2O4S.